The minimum absolute atomic E-state index is 0.0000289. The molecule has 0 aliphatic carbocycles. The van der Waals surface area contributed by atoms with Crippen LogP contribution in [0.1, 0.15) is 11.1 Å². The van der Waals surface area contributed by atoms with Gasteiger partial charge in [0.25, 0.3) is 0 Å². The number of benzene rings is 2. The summed E-state index contributed by atoms with van der Waals surface area (Å²) in [6, 6.07) is 9.18. The largest absolute Gasteiger partial charge is 0.508 e. The number of alkyl halides is 3. The van der Waals surface area contributed by atoms with Gasteiger partial charge in [-0.3, -0.25) is 4.57 Å². The molecular weight excluding hydrogens is 297 g/mol. The predicted molar refractivity (Wildman–Crippen MR) is 74.8 cm³/mol. The van der Waals surface area contributed by atoms with E-state index < -0.39 is 17.4 Å². The molecule has 0 aliphatic heterocycles. The van der Waals surface area contributed by atoms with Crippen LogP contribution in [0.3, 0.4) is 0 Å². The molecule has 1 heterocycles. The number of phenols is 1. The number of aromatic nitrogens is 2. The number of aromatic amines is 1. The summed E-state index contributed by atoms with van der Waals surface area (Å²) in [5, 5.41) is 9.39. The fourth-order valence-corrected chi connectivity index (χ4v) is 2.34. The van der Waals surface area contributed by atoms with E-state index in [-0.39, 0.29) is 12.3 Å². The normalized spacial score (nSPS) is 12.0. The maximum Gasteiger partial charge on any atom is 0.416 e. The molecule has 2 N–H and O–H groups in total. The van der Waals surface area contributed by atoms with E-state index in [9.17, 15) is 23.1 Å². The Hall–Kier alpha value is -2.70. The number of hydrogen-bond donors (Lipinski definition) is 2. The van der Waals surface area contributed by atoms with E-state index in [2.05, 4.69) is 4.98 Å². The Labute approximate surface area is 122 Å². The lowest BCUT2D eigenvalue weighted by atomic mass is 10.1. The van der Waals surface area contributed by atoms with E-state index >= 15 is 0 Å². The van der Waals surface area contributed by atoms with Gasteiger partial charge in [0.15, 0.2) is 0 Å². The van der Waals surface area contributed by atoms with Crippen molar-refractivity contribution in [3.05, 3.63) is 64.1 Å². The van der Waals surface area contributed by atoms with Crippen LogP contribution in [-0.2, 0) is 12.7 Å². The van der Waals surface area contributed by atoms with Crippen molar-refractivity contribution in [1.29, 1.82) is 0 Å². The first kappa shape index (κ1) is 14.2. The van der Waals surface area contributed by atoms with Crippen molar-refractivity contribution in [2.75, 3.05) is 0 Å². The van der Waals surface area contributed by atoms with Crippen molar-refractivity contribution >= 4 is 11.0 Å². The summed E-state index contributed by atoms with van der Waals surface area (Å²) in [4.78, 5) is 14.5. The van der Waals surface area contributed by atoms with E-state index in [1.54, 1.807) is 0 Å². The highest BCUT2D eigenvalue weighted by Gasteiger charge is 2.30. The molecule has 0 fully saturated rings. The topological polar surface area (TPSA) is 58.0 Å². The van der Waals surface area contributed by atoms with Gasteiger partial charge in [-0.15, -0.1) is 0 Å². The summed E-state index contributed by atoms with van der Waals surface area (Å²) in [6.45, 7) is 0.00747. The summed E-state index contributed by atoms with van der Waals surface area (Å²) >= 11 is 0. The molecule has 3 aromatic rings. The van der Waals surface area contributed by atoms with E-state index in [1.165, 1.54) is 34.9 Å². The number of H-pyrrole nitrogens is 1. The zero-order valence-corrected chi connectivity index (χ0v) is 11.2. The minimum atomic E-state index is -4.42. The van der Waals surface area contributed by atoms with Crippen molar-refractivity contribution in [1.82, 2.24) is 9.55 Å². The van der Waals surface area contributed by atoms with Crippen LogP contribution in [0.2, 0.25) is 0 Å². The second kappa shape index (κ2) is 4.94. The van der Waals surface area contributed by atoms with Gasteiger partial charge >= 0.3 is 11.9 Å². The third kappa shape index (κ3) is 2.57. The average molecular weight is 308 g/mol. The van der Waals surface area contributed by atoms with Crippen LogP contribution in [0.5, 0.6) is 5.75 Å². The second-order valence-corrected chi connectivity index (χ2v) is 4.92. The van der Waals surface area contributed by atoms with Gasteiger partial charge in [0.1, 0.15) is 5.75 Å². The highest BCUT2D eigenvalue weighted by molar-refractivity contribution is 5.76. The summed E-state index contributed by atoms with van der Waals surface area (Å²) in [6.07, 6.45) is -4.42. The third-order valence-corrected chi connectivity index (χ3v) is 3.35. The lowest BCUT2D eigenvalue weighted by molar-refractivity contribution is -0.137. The maximum atomic E-state index is 12.7. The molecule has 0 saturated heterocycles. The number of fused-ring (bicyclic) bond motifs is 1. The van der Waals surface area contributed by atoms with E-state index in [0.717, 1.165) is 12.1 Å². The van der Waals surface area contributed by atoms with Crippen LogP contribution in [0.15, 0.2) is 47.3 Å². The number of rotatable bonds is 2. The molecule has 0 bridgehead atoms. The fourth-order valence-electron chi connectivity index (χ4n) is 2.34. The molecule has 0 aliphatic rings. The summed E-state index contributed by atoms with van der Waals surface area (Å²) in [7, 11) is 0. The highest BCUT2D eigenvalue weighted by Crippen LogP contribution is 2.29. The van der Waals surface area contributed by atoms with E-state index in [1.807, 2.05) is 0 Å². The fraction of sp³-hybridized carbons (Fsp3) is 0.133. The van der Waals surface area contributed by atoms with Gasteiger partial charge < -0.3 is 10.1 Å². The Morgan fingerprint density at radius 1 is 1.14 bits per heavy atom. The molecule has 0 spiro atoms. The first-order valence-electron chi connectivity index (χ1n) is 6.42. The maximum absolute atomic E-state index is 12.7. The van der Waals surface area contributed by atoms with Gasteiger partial charge in [0.05, 0.1) is 23.1 Å². The summed E-state index contributed by atoms with van der Waals surface area (Å²) in [5.74, 6) is -0.0000289. The van der Waals surface area contributed by atoms with Gasteiger partial charge in [0, 0.05) is 6.07 Å². The van der Waals surface area contributed by atoms with Crippen molar-refractivity contribution in [2.45, 2.75) is 12.7 Å². The number of hydrogen-bond acceptors (Lipinski definition) is 2. The van der Waals surface area contributed by atoms with Crippen LogP contribution >= 0.6 is 0 Å². The second-order valence-electron chi connectivity index (χ2n) is 4.92. The molecular formula is C15H11F3N2O2. The first-order valence-corrected chi connectivity index (χ1v) is 6.42. The van der Waals surface area contributed by atoms with Gasteiger partial charge in [-0.2, -0.15) is 13.2 Å². The smallest absolute Gasteiger partial charge is 0.416 e. The number of nitrogens with zero attached hydrogens (tertiary/aromatic N) is 1. The van der Waals surface area contributed by atoms with Crippen molar-refractivity contribution in [3.63, 3.8) is 0 Å². The minimum Gasteiger partial charge on any atom is -0.508 e. The van der Waals surface area contributed by atoms with Crippen molar-refractivity contribution in [2.24, 2.45) is 0 Å². The number of nitrogens with one attached hydrogen (secondary N) is 1. The van der Waals surface area contributed by atoms with Crippen molar-refractivity contribution < 1.29 is 18.3 Å². The number of phenolic OH excluding ortho intramolecular Hbond substituents is 1. The van der Waals surface area contributed by atoms with Gasteiger partial charge in [0.2, 0.25) is 0 Å². The molecule has 0 unspecified atom stereocenters. The van der Waals surface area contributed by atoms with Crippen LogP contribution in [0.4, 0.5) is 13.2 Å². The Morgan fingerprint density at radius 3 is 2.64 bits per heavy atom. The van der Waals surface area contributed by atoms with Crippen molar-refractivity contribution in [3.8, 4) is 5.75 Å². The predicted octanol–water partition coefficient (Wildman–Crippen LogP) is 3.10. The number of aromatic hydroxyl groups is 1. The Balaban J connectivity index is 2.04. The molecule has 3 rings (SSSR count). The van der Waals surface area contributed by atoms with Crippen LogP contribution in [-0.4, -0.2) is 14.7 Å². The lowest BCUT2D eigenvalue weighted by Gasteiger charge is -2.09. The molecule has 0 atom stereocenters. The molecule has 0 amide bonds. The zero-order valence-electron chi connectivity index (χ0n) is 11.2. The lowest BCUT2D eigenvalue weighted by Crippen LogP contribution is -2.17. The van der Waals surface area contributed by atoms with Crippen LogP contribution in [0.25, 0.3) is 11.0 Å². The zero-order chi connectivity index (χ0) is 15.9. The number of halogens is 3. The molecule has 0 radical (unpaired) electrons. The quantitative estimate of drug-likeness (QED) is 0.764. The molecule has 0 saturated carbocycles. The van der Waals surface area contributed by atoms with Crippen LogP contribution in [0, 0.1) is 0 Å². The summed E-state index contributed by atoms with van der Waals surface area (Å²) < 4.78 is 39.5. The Morgan fingerprint density at radius 2 is 1.91 bits per heavy atom. The monoisotopic (exact) mass is 308 g/mol. The summed E-state index contributed by atoms with van der Waals surface area (Å²) in [5.41, 5.74) is 0.108. The average Bonchev–Trinajstić information content (AvgIpc) is 2.74. The molecule has 7 heteroatoms. The highest BCUT2D eigenvalue weighted by atomic mass is 19.4. The van der Waals surface area contributed by atoms with E-state index in [4.69, 9.17) is 0 Å². The van der Waals surface area contributed by atoms with Crippen LogP contribution < -0.4 is 5.69 Å². The number of imidazole rings is 1. The Bertz CT molecular complexity index is 894. The third-order valence-electron chi connectivity index (χ3n) is 3.35. The molecule has 4 nitrogen and oxygen atoms in total. The SMILES string of the molecule is O=c1[nH]c2cc(O)ccc2n1Cc1cccc(C(F)(F)F)c1. The molecule has 22 heavy (non-hydrogen) atoms. The van der Waals surface area contributed by atoms with Gasteiger partial charge in [-0.1, -0.05) is 12.1 Å². The Kier molecular flexibility index (Phi) is 3.20. The standard InChI is InChI=1S/C15H11F3N2O2/c16-15(17,18)10-3-1-2-9(6-10)8-20-13-5-4-11(21)7-12(13)19-14(20)22/h1-7,21H,8H2,(H,19,22). The molecule has 114 valence electrons. The van der Waals surface area contributed by atoms with E-state index in [0.29, 0.717) is 16.6 Å². The van der Waals surface area contributed by atoms with Gasteiger partial charge in [-0.25, -0.2) is 4.79 Å². The first-order chi connectivity index (χ1) is 10.3. The van der Waals surface area contributed by atoms with Gasteiger partial charge in [-0.05, 0) is 29.8 Å². The molecule has 2 aromatic carbocycles. The molecule has 1 aromatic heterocycles.